The molecule has 0 aliphatic carbocycles. The second-order valence-electron chi connectivity index (χ2n) is 7.67. The van der Waals surface area contributed by atoms with Crippen LogP contribution in [0.15, 0.2) is 36.4 Å². The first-order chi connectivity index (χ1) is 13.4. The Kier molecular flexibility index (Phi) is 6.14. The number of carbonyl (C=O) groups excluding carboxylic acids is 1. The molecule has 28 heavy (non-hydrogen) atoms. The molecule has 2 aromatic rings. The predicted molar refractivity (Wildman–Crippen MR) is 107 cm³/mol. The summed E-state index contributed by atoms with van der Waals surface area (Å²) < 4.78 is 1.73. The van der Waals surface area contributed by atoms with Crippen LogP contribution in [0.2, 0.25) is 0 Å². The van der Waals surface area contributed by atoms with Crippen LogP contribution in [-0.4, -0.2) is 69.8 Å². The third-order valence-corrected chi connectivity index (χ3v) is 5.54. The fraction of sp³-hybridized carbons (Fsp3) is 0.476. The maximum Gasteiger partial charge on any atom is 0.303 e. The van der Waals surface area contributed by atoms with Crippen molar-refractivity contribution in [1.82, 2.24) is 19.6 Å². The molecule has 1 N–H and O–H groups in total. The molecule has 1 amide bonds. The zero-order chi connectivity index (χ0) is 20.3. The highest BCUT2D eigenvalue weighted by Gasteiger charge is 2.34. The predicted octanol–water partition coefficient (Wildman–Crippen LogP) is 2.34. The molecular formula is C21H28N4O3. The summed E-state index contributed by atoms with van der Waals surface area (Å²) in [6, 6.07) is 12.0. The van der Waals surface area contributed by atoms with Crippen LogP contribution < -0.4 is 0 Å². The second kappa shape index (κ2) is 8.56. The van der Waals surface area contributed by atoms with Gasteiger partial charge in [0.1, 0.15) is 0 Å². The molecule has 2 heterocycles. The van der Waals surface area contributed by atoms with Crippen molar-refractivity contribution in [3.8, 4) is 11.3 Å². The van der Waals surface area contributed by atoms with Gasteiger partial charge in [0.05, 0.1) is 5.69 Å². The Morgan fingerprint density at radius 1 is 1.25 bits per heavy atom. The van der Waals surface area contributed by atoms with Crippen molar-refractivity contribution in [2.75, 3.05) is 27.2 Å². The number of carbonyl (C=O) groups is 2. The summed E-state index contributed by atoms with van der Waals surface area (Å²) in [6.07, 6.45) is 1.53. The molecular weight excluding hydrogens is 356 g/mol. The Labute approximate surface area is 165 Å². The number of likely N-dealkylation sites (tertiary alicyclic amines) is 1. The minimum Gasteiger partial charge on any atom is -0.481 e. The molecule has 7 nitrogen and oxygen atoms in total. The van der Waals surface area contributed by atoms with Gasteiger partial charge in [0, 0.05) is 32.6 Å². The third-order valence-electron chi connectivity index (χ3n) is 5.54. The standard InChI is InChI=1S/C21H28N4O3/c1-23(2)18-11-12-25(14-16(18)9-10-20(26)27)21(28)17-13-19(24(3)22-17)15-7-5-4-6-8-15/h4-8,13,16,18H,9-12,14H2,1-3H3,(H,26,27). The number of benzene rings is 1. The second-order valence-corrected chi connectivity index (χ2v) is 7.67. The number of amides is 1. The van der Waals surface area contributed by atoms with E-state index in [0.717, 1.165) is 17.7 Å². The molecule has 150 valence electrons. The number of carboxylic acid groups (broad SMARTS) is 1. The molecule has 1 aromatic carbocycles. The Morgan fingerprint density at radius 3 is 2.61 bits per heavy atom. The van der Waals surface area contributed by atoms with Crippen molar-refractivity contribution in [1.29, 1.82) is 0 Å². The van der Waals surface area contributed by atoms with Crippen molar-refractivity contribution in [2.45, 2.75) is 25.3 Å². The molecule has 1 aromatic heterocycles. The van der Waals surface area contributed by atoms with E-state index in [4.69, 9.17) is 5.11 Å². The lowest BCUT2D eigenvalue weighted by Gasteiger charge is -2.41. The minimum atomic E-state index is -0.793. The van der Waals surface area contributed by atoms with E-state index in [0.29, 0.717) is 25.2 Å². The Balaban J connectivity index is 1.76. The van der Waals surface area contributed by atoms with E-state index < -0.39 is 5.97 Å². The van der Waals surface area contributed by atoms with Crippen LogP contribution in [0.5, 0.6) is 0 Å². The zero-order valence-electron chi connectivity index (χ0n) is 16.7. The lowest BCUT2D eigenvalue weighted by molar-refractivity contribution is -0.137. The maximum absolute atomic E-state index is 13.1. The molecule has 1 fully saturated rings. The van der Waals surface area contributed by atoms with Gasteiger partial charge in [-0.3, -0.25) is 14.3 Å². The maximum atomic E-state index is 13.1. The van der Waals surface area contributed by atoms with E-state index in [2.05, 4.69) is 10.00 Å². The van der Waals surface area contributed by atoms with Crippen LogP contribution in [0, 0.1) is 5.92 Å². The van der Waals surface area contributed by atoms with Gasteiger partial charge in [0.15, 0.2) is 5.69 Å². The molecule has 1 saturated heterocycles. The van der Waals surface area contributed by atoms with Gasteiger partial charge in [-0.1, -0.05) is 30.3 Å². The SMILES string of the molecule is CN(C)C1CCN(C(=O)c2cc(-c3ccccc3)n(C)n2)CC1CCC(=O)O. The van der Waals surface area contributed by atoms with E-state index in [1.807, 2.05) is 62.4 Å². The number of hydrogen-bond acceptors (Lipinski definition) is 4. The van der Waals surface area contributed by atoms with E-state index in [1.165, 1.54) is 0 Å². The summed E-state index contributed by atoms with van der Waals surface area (Å²) in [4.78, 5) is 28.1. The summed E-state index contributed by atoms with van der Waals surface area (Å²) in [6.45, 7) is 1.22. The van der Waals surface area contributed by atoms with E-state index >= 15 is 0 Å². The highest BCUT2D eigenvalue weighted by Crippen LogP contribution is 2.27. The van der Waals surface area contributed by atoms with Gasteiger partial charge in [0.2, 0.25) is 0 Å². The highest BCUT2D eigenvalue weighted by molar-refractivity contribution is 5.93. The summed E-state index contributed by atoms with van der Waals surface area (Å²) >= 11 is 0. The van der Waals surface area contributed by atoms with Gasteiger partial charge in [-0.15, -0.1) is 0 Å². The number of aromatic nitrogens is 2. The Hall–Kier alpha value is -2.67. The normalized spacial score (nSPS) is 19.8. The number of carboxylic acids is 1. The molecule has 2 atom stereocenters. The van der Waals surface area contributed by atoms with E-state index in [-0.39, 0.29) is 24.3 Å². The number of piperidine rings is 1. The fourth-order valence-corrected chi connectivity index (χ4v) is 4.09. The molecule has 0 spiro atoms. The topological polar surface area (TPSA) is 78.7 Å². The number of nitrogens with zero attached hydrogens (tertiary/aromatic N) is 4. The first-order valence-electron chi connectivity index (χ1n) is 9.63. The smallest absolute Gasteiger partial charge is 0.303 e. The number of aliphatic carboxylic acids is 1. The van der Waals surface area contributed by atoms with Crippen molar-refractivity contribution in [3.63, 3.8) is 0 Å². The molecule has 3 rings (SSSR count). The molecule has 1 aliphatic heterocycles. The van der Waals surface area contributed by atoms with Gasteiger partial charge in [-0.2, -0.15) is 5.10 Å². The monoisotopic (exact) mass is 384 g/mol. The molecule has 1 aliphatic rings. The van der Waals surface area contributed by atoms with Gasteiger partial charge in [0.25, 0.3) is 5.91 Å². The summed E-state index contributed by atoms with van der Waals surface area (Å²) in [5.41, 5.74) is 2.35. The number of rotatable bonds is 6. The van der Waals surface area contributed by atoms with E-state index in [1.54, 1.807) is 4.68 Å². The van der Waals surface area contributed by atoms with Crippen LogP contribution in [0.25, 0.3) is 11.3 Å². The Morgan fingerprint density at radius 2 is 1.96 bits per heavy atom. The van der Waals surface area contributed by atoms with Crippen LogP contribution >= 0.6 is 0 Å². The van der Waals surface area contributed by atoms with Gasteiger partial charge >= 0.3 is 5.97 Å². The highest BCUT2D eigenvalue weighted by atomic mass is 16.4. The molecule has 0 radical (unpaired) electrons. The number of hydrogen-bond donors (Lipinski definition) is 1. The fourth-order valence-electron chi connectivity index (χ4n) is 4.09. The summed E-state index contributed by atoms with van der Waals surface area (Å²) in [7, 11) is 5.87. The number of aryl methyl sites for hydroxylation is 1. The van der Waals surface area contributed by atoms with Crippen LogP contribution in [0.4, 0.5) is 0 Å². The van der Waals surface area contributed by atoms with Crippen molar-refractivity contribution >= 4 is 11.9 Å². The van der Waals surface area contributed by atoms with Gasteiger partial charge in [-0.05, 0) is 44.5 Å². The van der Waals surface area contributed by atoms with Crippen LogP contribution in [-0.2, 0) is 11.8 Å². The van der Waals surface area contributed by atoms with E-state index in [9.17, 15) is 9.59 Å². The quantitative estimate of drug-likeness (QED) is 0.827. The van der Waals surface area contributed by atoms with Gasteiger partial charge in [-0.25, -0.2) is 0 Å². The van der Waals surface area contributed by atoms with Crippen molar-refractivity contribution < 1.29 is 14.7 Å². The molecule has 7 heteroatoms. The third kappa shape index (κ3) is 4.42. The average molecular weight is 384 g/mol. The molecule has 0 bridgehead atoms. The summed E-state index contributed by atoms with van der Waals surface area (Å²) in [5.74, 6) is -0.741. The van der Waals surface area contributed by atoms with Crippen molar-refractivity contribution in [3.05, 3.63) is 42.1 Å². The van der Waals surface area contributed by atoms with Gasteiger partial charge < -0.3 is 14.9 Å². The van der Waals surface area contributed by atoms with Crippen LogP contribution in [0.1, 0.15) is 29.8 Å². The minimum absolute atomic E-state index is 0.0877. The first kappa shape index (κ1) is 20.1. The zero-order valence-corrected chi connectivity index (χ0v) is 16.7. The lowest BCUT2D eigenvalue weighted by atomic mass is 9.87. The largest absolute Gasteiger partial charge is 0.481 e. The average Bonchev–Trinajstić information content (AvgIpc) is 3.07. The van der Waals surface area contributed by atoms with Crippen LogP contribution in [0.3, 0.4) is 0 Å². The molecule has 2 unspecified atom stereocenters. The van der Waals surface area contributed by atoms with Crippen molar-refractivity contribution in [2.24, 2.45) is 13.0 Å². The summed E-state index contributed by atoms with van der Waals surface area (Å²) in [5, 5.41) is 13.5. The molecule has 0 saturated carbocycles. The first-order valence-corrected chi connectivity index (χ1v) is 9.63. The lowest BCUT2D eigenvalue weighted by Crippen LogP contribution is -2.50. The Bertz CT molecular complexity index is 831.